The van der Waals surface area contributed by atoms with Gasteiger partial charge in [0.1, 0.15) is 11.8 Å². The van der Waals surface area contributed by atoms with Gasteiger partial charge in [-0.05, 0) is 84.0 Å². The van der Waals surface area contributed by atoms with Crippen LogP contribution in [0.2, 0.25) is 0 Å². The molecule has 1 fully saturated rings. The van der Waals surface area contributed by atoms with Gasteiger partial charge in [0, 0.05) is 3.57 Å². The van der Waals surface area contributed by atoms with Crippen LogP contribution in [0.25, 0.3) is 0 Å². The Kier molecular flexibility index (Phi) is 6.81. The first-order chi connectivity index (χ1) is 14.5. The van der Waals surface area contributed by atoms with Gasteiger partial charge in [0.25, 0.3) is 10.0 Å². The first-order valence-electron chi connectivity index (χ1n) is 9.84. The highest BCUT2D eigenvalue weighted by Crippen LogP contribution is 2.44. The number of ether oxygens (including phenoxy) is 1. The average molecular weight is 554 g/mol. The molecule has 1 aliphatic carbocycles. The van der Waals surface area contributed by atoms with Gasteiger partial charge in [-0.1, -0.05) is 19.9 Å². The van der Waals surface area contributed by atoms with E-state index in [4.69, 9.17) is 4.74 Å². The Morgan fingerprint density at radius 3 is 2.48 bits per heavy atom. The van der Waals surface area contributed by atoms with Gasteiger partial charge in [-0.3, -0.25) is 4.72 Å². The van der Waals surface area contributed by atoms with Crippen LogP contribution in [0, 0.1) is 20.8 Å². The highest BCUT2D eigenvalue weighted by Gasteiger charge is 2.32. The minimum absolute atomic E-state index is 0.0604. The molecule has 9 heteroatoms. The summed E-state index contributed by atoms with van der Waals surface area (Å²) >= 11 is 2.00. The van der Waals surface area contributed by atoms with Gasteiger partial charge in [0.15, 0.2) is 0 Å². The molecular weight excluding hydrogens is 531 g/mol. The molecule has 2 aromatic rings. The van der Waals surface area contributed by atoms with E-state index in [1.54, 1.807) is 12.1 Å². The molecular formula is C22H23IN2O5S. The van der Waals surface area contributed by atoms with Crippen molar-refractivity contribution in [2.75, 3.05) is 4.72 Å². The van der Waals surface area contributed by atoms with Crippen molar-refractivity contribution in [3.8, 4) is 11.8 Å². The predicted molar refractivity (Wildman–Crippen MR) is 125 cm³/mol. The van der Waals surface area contributed by atoms with Crippen molar-refractivity contribution in [1.29, 1.82) is 5.26 Å². The van der Waals surface area contributed by atoms with Gasteiger partial charge in [0.05, 0.1) is 27.8 Å². The summed E-state index contributed by atoms with van der Waals surface area (Å²) < 4.78 is 35.8. The molecule has 1 saturated carbocycles. The number of nitrogens with zero attached hydrogens (tertiary/aromatic N) is 1. The third-order valence-electron chi connectivity index (χ3n) is 5.25. The van der Waals surface area contributed by atoms with Gasteiger partial charge in [-0.15, -0.1) is 0 Å². The van der Waals surface area contributed by atoms with E-state index in [0.29, 0.717) is 20.4 Å². The monoisotopic (exact) mass is 554 g/mol. The van der Waals surface area contributed by atoms with Crippen LogP contribution in [-0.2, 0) is 10.0 Å². The fourth-order valence-electron chi connectivity index (χ4n) is 2.99. The lowest BCUT2D eigenvalue weighted by Crippen LogP contribution is -2.21. The first kappa shape index (κ1) is 23.3. The number of nitrogens with one attached hydrogen (secondary N) is 1. The lowest BCUT2D eigenvalue weighted by atomic mass is 10.1. The van der Waals surface area contributed by atoms with Crippen molar-refractivity contribution in [1.82, 2.24) is 0 Å². The Morgan fingerprint density at radius 2 is 1.94 bits per heavy atom. The van der Waals surface area contributed by atoms with E-state index in [2.05, 4.69) is 10.8 Å². The number of hydrogen-bond donors (Lipinski definition) is 2. The molecule has 0 radical (unpaired) electrons. The van der Waals surface area contributed by atoms with E-state index in [-0.39, 0.29) is 34.1 Å². The summed E-state index contributed by atoms with van der Waals surface area (Å²) in [5.41, 5.74) is 0.952. The molecule has 7 nitrogen and oxygen atoms in total. The van der Waals surface area contributed by atoms with Crippen molar-refractivity contribution in [3.05, 3.63) is 50.6 Å². The number of carboxylic acid groups (broad SMARTS) is 1. The van der Waals surface area contributed by atoms with Crippen LogP contribution < -0.4 is 9.46 Å². The van der Waals surface area contributed by atoms with Gasteiger partial charge in [-0.25, -0.2) is 13.2 Å². The molecule has 1 atom stereocenters. The van der Waals surface area contributed by atoms with Crippen LogP contribution >= 0.6 is 22.6 Å². The lowest BCUT2D eigenvalue weighted by molar-refractivity contribution is 0.0696. The Bertz CT molecular complexity index is 1170. The molecule has 0 heterocycles. The smallest absolute Gasteiger partial charge is 0.335 e. The number of benzene rings is 2. The molecule has 0 amide bonds. The van der Waals surface area contributed by atoms with Crippen molar-refractivity contribution in [2.24, 2.45) is 5.92 Å². The molecule has 1 unspecified atom stereocenters. The van der Waals surface area contributed by atoms with E-state index in [0.717, 1.165) is 12.8 Å². The third-order valence-corrected chi connectivity index (χ3v) is 7.57. The molecule has 0 aromatic heterocycles. The second-order valence-corrected chi connectivity index (χ2v) is 10.8. The molecule has 2 N–H and O–H groups in total. The highest BCUT2D eigenvalue weighted by atomic mass is 127. The number of rotatable bonds is 8. The van der Waals surface area contributed by atoms with Gasteiger partial charge in [-0.2, -0.15) is 5.26 Å². The molecule has 0 saturated heterocycles. The second-order valence-electron chi connectivity index (χ2n) is 7.94. The van der Waals surface area contributed by atoms with Gasteiger partial charge < -0.3 is 9.84 Å². The van der Waals surface area contributed by atoms with Gasteiger partial charge >= 0.3 is 5.97 Å². The summed E-state index contributed by atoms with van der Waals surface area (Å²) in [6.07, 6.45) is 1.53. The number of aromatic carboxylic acids is 1. The van der Waals surface area contributed by atoms with Crippen molar-refractivity contribution < 1.29 is 23.1 Å². The second kappa shape index (κ2) is 9.04. The maximum atomic E-state index is 13.3. The van der Waals surface area contributed by atoms with Crippen LogP contribution in [0.1, 0.15) is 61.0 Å². The highest BCUT2D eigenvalue weighted by molar-refractivity contribution is 14.1. The van der Waals surface area contributed by atoms with Crippen LogP contribution in [0.15, 0.2) is 35.2 Å². The maximum absolute atomic E-state index is 13.3. The number of hydrogen-bond acceptors (Lipinski definition) is 5. The number of carbonyl (C=O) groups is 1. The number of halogens is 1. The zero-order valence-corrected chi connectivity index (χ0v) is 20.3. The topological polar surface area (TPSA) is 116 Å². The summed E-state index contributed by atoms with van der Waals surface area (Å²) in [5, 5.41) is 18.7. The molecule has 31 heavy (non-hydrogen) atoms. The Labute approximate surface area is 195 Å². The Balaban J connectivity index is 2.08. The summed E-state index contributed by atoms with van der Waals surface area (Å²) in [7, 11) is -4.13. The fourth-order valence-corrected chi connectivity index (χ4v) is 4.93. The third kappa shape index (κ3) is 5.30. The van der Waals surface area contributed by atoms with E-state index in [9.17, 15) is 23.6 Å². The van der Waals surface area contributed by atoms with E-state index < -0.39 is 16.0 Å². The summed E-state index contributed by atoms with van der Waals surface area (Å²) in [5.74, 6) is -0.603. The predicted octanol–water partition coefficient (Wildman–Crippen LogP) is 4.96. The molecule has 0 bridgehead atoms. The quantitative estimate of drug-likeness (QED) is 0.446. The molecule has 2 aromatic carbocycles. The van der Waals surface area contributed by atoms with E-state index in [1.165, 1.54) is 18.2 Å². The fraction of sp³-hybridized carbons (Fsp3) is 0.364. The van der Waals surface area contributed by atoms with Crippen LogP contribution in [0.3, 0.4) is 0 Å². The molecule has 0 spiro atoms. The zero-order chi connectivity index (χ0) is 22.9. The number of carboxylic acids is 1. The number of anilines is 1. The summed E-state index contributed by atoms with van der Waals surface area (Å²) in [6.45, 7) is 5.86. The van der Waals surface area contributed by atoms with Crippen LogP contribution in [-0.4, -0.2) is 25.6 Å². The average Bonchev–Trinajstić information content (AvgIpc) is 3.54. The standard InChI is InChI=1S/C22H23IN2O5S/c1-12(2)13(3)30-20-10-18(23)16(11-24)8-19(20)25-31(28,29)21-9-15(22(26)27)6-7-17(21)14-4-5-14/h6-10,12-14,25H,4-5H2,1-3H3,(H,26,27). The van der Waals surface area contributed by atoms with Crippen LogP contribution in [0.5, 0.6) is 5.75 Å². The van der Waals surface area contributed by atoms with Crippen molar-refractivity contribution in [3.63, 3.8) is 0 Å². The minimum Gasteiger partial charge on any atom is -0.488 e. The number of sulfonamides is 1. The molecule has 1 aliphatic rings. The molecule has 0 aliphatic heterocycles. The van der Waals surface area contributed by atoms with Crippen molar-refractivity contribution in [2.45, 2.75) is 50.5 Å². The van der Waals surface area contributed by atoms with E-state index >= 15 is 0 Å². The Hall–Kier alpha value is -2.32. The molecule has 164 valence electrons. The first-order valence-corrected chi connectivity index (χ1v) is 12.4. The summed E-state index contributed by atoms with van der Waals surface area (Å²) in [4.78, 5) is 11.4. The van der Waals surface area contributed by atoms with Crippen molar-refractivity contribution >= 4 is 44.3 Å². The Morgan fingerprint density at radius 1 is 1.26 bits per heavy atom. The lowest BCUT2D eigenvalue weighted by Gasteiger charge is -2.22. The maximum Gasteiger partial charge on any atom is 0.335 e. The molecule has 3 rings (SSSR count). The number of nitriles is 1. The largest absolute Gasteiger partial charge is 0.488 e. The SMILES string of the molecule is CC(C)C(C)Oc1cc(I)c(C#N)cc1NS(=O)(=O)c1cc(C(=O)O)ccc1C1CC1. The van der Waals surface area contributed by atoms with Crippen LogP contribution in [0.4, 0.5) is 5.69 Å². The normalized spacial score (nSPS) is 14.7. The summed E-state index contributed by atoms with van der Waals surface area (Å²) in [6, 6.07) is 9.31. The zero-order valence-electron chi connectivity index (χ0n) is 17.3. The van der Waals surface area contributed by atoms with E-state index in [1.807, 2.05) is 43.4 Å². The van der Waals surface area contributed by atoms with Gasteiger partial charge in [0.2, 0.25) is 0 Å². The minimum atomic E-state index is -4.13.